The smallest absolute Gasteiger partial charge is 0.338 e. The molecule has 2 N–H and O–H groups in total. The van der Waals surface area contributed by atoms with Crippen LogP contribution in [-0.2, 0) is 14.3 Å². The Hall–Kier alpha value is -4.37. The number of amides is 2. The van der Waals surface area contributed by atoms with E-state index in [2.05, 4.69) is 5.32 Å². The van der Waals surface area contributed by atoms with Gasteiger partial charge in [-0.05, 0) is 74.5 Å². The monoisotopic (exact) mass is 502 g/mol. The van der Waals surface area contributed by atoms with Crippen LogP contribution in [0.1, 0.15) is 34.6 Å². The molecule has 2 amide bonds. The number of hydrogen-bond donors (Lipinski definition) is 2. The van der Waals surface area contributed by atoms with E-state index in [1.165, 1.54) is 48.5 Å². The van der Waals surface area contributed by atoms with Crippen molar-refractivity contribution in [2.45, 2.75) is 24.8 Å². The molecular weight excluding hydrogens is 480 g/mol. The van der Waals surface area contributed by atoms with Gasteiger partial charge in [0.15, 0.2) is 0 Å². The maximum atomic E-state index is 13.4. The van der Waals surface area contributed by atoms with Gasteiger partial charge in [0.1, 0.15) is 10.6 Å². The molecule has 0 radical (unpaired) electrons. The maximum Gasteiger partial charge on any atom is 0.338 e. The van der Waals surface area contributed by atoms with Gasteiger partial charge in [-0.2, -0.15) is 0 Å². The van der Waals surface area contributed by atoms with E-state index >= 15 is 0 Å². The molecule has 0 fully saturated rings. The molecule has 4 rings (SSSR count). The van der Waals surface area contributed by atoms with Crippen LogP contribution in [0.25, 0.3) is 0 Å². The van der Waals surface area contributed by atoms with E-state index in [1.54, 1.807) is 13.8 Å². The lowest BCUT2D eigenvalue weighted by atomic mass is 10.2. The van der Waals surface area contributed by atoms with E-state index in [-0.39, 0.29) is 22.3 Å². The third-order valence-electron chi connectivity index (χ3n) is 5.11. The summed E-state index contributed by atoms with van der Waals surface area (Å²) in [4.78, 5) is 52.2. The topological polar surface area (TPSA) is 113 Å². The van der Waals surface area contributed by atoms with E-state index < -0.39 is 23.8 Å². The van der Waals surface area contributed by atoms with Crippen LogP contribution in [0.15, 0.2) is 94.4 Å². The third-order valence-corrected chi connectivity index (χ3v) is 6.20. The first-order valence-corrected chi connectivity index (χ1v) is 11.8. The summed E-state index contributed by atoms with van der Waals surface area (Å²) < 4.78 is 5.19. The Kier molecular flexibility index (Phi) is 7.21. The minimum atomic E-state index is -1.07. The molecule has 1 aliphatic heterocycles. The van der Waals surface area contributed by atoms with Gasteiger partial charge in [0, 0.05) is 10.6 Å². The lowest BCUT2D eigenvalue weighted by molar-refractivity contribution is -0.120. The highest BCUT2D eigenvalue weighted by molar-refractivity contribution is 8.04. The van der Waals surface area contributed by atoms with Crippen molar-refractivity contribution in [1.29, 1.82) is 0 Å². The Morgan fingerprint density at radius 3 is 2.06 bits per heavy atom. The van der Waals surface area contributed by atoms with Gasteiger partial charge in [0.05, 0.1) is 22.9 Å². The van der Waals surface area contributed by atoms with Gasteiger partial charge < -0.3 is 15.2 Å². The van der Waals surface area contributed by atoms with Crippen LogP contribution in [0.2, 0.25) is 0 Å². The molecule has 0 bridgehead atoms. The largest absolute Gasteiger partial charge is 0.478 e. The summed E-state index contributed by atoms with van der Waals surface area (Å²) in [5, 5.41) is 12.1. The number of nitrogens with zero attached hydrogens (tertiary/aromatic N) is 1. The highest BCUT2D eigenvalue weighted by Crippen LogP contribution is 2.37. The van der Waals surface area contributed by atoms with Crippen LogP contribution in [0.4, 0.5) is 11.4 Å². The molecule has 0 saturated heterocycles. The quantitative estimate of drug-likeness (QED) is 0.329. The second-order valence-corrected chi connectivity index (χ2v) is 9.16. The molecule has 3 aromatic carbocycles. The summed E-state index contributed by atoms with van der Waals surface area (Å²) in [7, 11) is 0. The van der Waals surface area contributed by atoms with Gasteiger partial charge in [0.25, 0.3) is 11.8 Å². The molecule has 0 aliphatic carbocycles. The third kappa shape index (κ3) is 5.31. The summed E-state index contributed by atoms with van der Waals surface area (Å²) in [6.45, 7) is 3.49. The van der Waals surface area contributed by atoms with Crippen molar-refractivity contribution in [2.24, 2.45) is 0 Å². The predicted molar refractivity (Wildman–Crippen MR) is 136 cm³/mol. The van der Waals surface area contributed by atoms with E-state index in [0.29, 0.717) is 16.9 Å². The summed E-state index contributed by atoms with van der Waals surface area (Å²) in [5.74, 6) is -2.66. The zero-order valence-electron chi connectivity index (χ0n) is 19.4. The van der Waals surface area contributed by atoms with E-state index in [1.807, 2.05) is 30.3 Å². The second-order valence-electron chi connectivity index (χ2n) is 8.07. The maximum absolute atomic E-state index is 13.4. The number of esters is 1. The van der Waals surface area contributed by atoms with Crippen molar-refractivity contribution in [3.63, 3.8) is 0 Å². The fourth-order valence-corrected chi connectivity index (χ4v) is 4.37. The van der Waals surface area contributed by atoms with E-state index in [0.717, 1.165) is 21.6 Å². The Morgan fingerprint density at radius 1 is 0.861 bits per heavy atom. The summed E-state index contributed by atoms with van der Waals surface area (Å²) in [6, 6.07) is 21.1. The molecule has 8 nitrogen and oxygen atoms in total. The van der Waals surface area contributed by atoms with Crippen molar-refractivity contribution >= 4 is 46.9 Å². The number of thioether (sulfide) groups is 1. The Balaban J connectivity index is 1.66. The number of carboxylic acids is 1. The molecule has 182 valence electrons. The zero-order chi connectivity index (χ0) is 25.8. The fourth-order valence-electron chi connectivity index (χ4n) is 3.42. The SMILES string of the molecule is CC(C)OC(=O)c1ccc(N2C(=O)C(Nc3ccc(C(=O)O)cc3)=C(Sc3ccccc3)C2=O)cc1. The van der Waals surface area contributed by atoms with Gasteiger partial charge >= 0.3 is 11.9 Å². The van der Waals surface area contributed by atoms with Crippen molar-refractivity contribution in [3.05, 3.63) is 101 Å². The van der Waals surface area contributed by atoms with Crippen molar-refractivity contribution in [1.82, 2.24) is 0 Å². The number of nitrogens with one attached hydrogen (secondary N) is 1. The van der Waals surface area contributed by atoms with Gasteiger partial charge in [-0.3, -0.25) is 9.59 Å². The Morgan fingerprint density at radius 2 is 1.47 bits per heavy atom. The average molecular weight is 503 g/mol. The van der Waals surface area contributed by atoms with Crippen LogP contribution < -0.4 is 10.2 Å². The van der Waals surface area contributed by atoms with Crippen molar-refractivity contribution in [3.8, 4) is 0 Å². The molecule has 0 saturated carbocycles. The number of imide groups is 1. The molecule has 0 spiro atoms. The van der Waals surface area contributed by atoms with Crippen molar-refractivity contribution < 1.29 is 29.0 Å². The van der Waals surface area contributed by atoms with Gasteiger partial charge in [0.2, 0.25) is 0 Å². The normalized spacial score (nSPS) is 13.4. The molecular formula is C27H22N2O6S. The van der Waals surface area contributed by atoms with Crippen LogP contribution in [0.3, 0.4) is 0 Å². The summed E-state index contributed by atoms with van der Waals surface area (Å²) in [6.07, 6.45) is -0.279. The molecule has 9 heteroatoms. The Labute approximate surface area is 211 Å². The van der Waals surface area contributed by atoms with Gasteiger partial charge in [-0.25, -0.2) is 14.5 Å². The number of benzene rings is 3. The number of aromatic carboxylic acids is 1. The first-order valence-electron chi connectivity index (χ1n) is 11.0. The molecule has 1 aliphatic rings. The minimum absolute atomic E-state index is 0.0697. The van der Waals surface area contributed by atoms with Crippen LogP contribution >= 0.6 is 11.8 Å². The number of hydrogen-bond acceptors (Lipinski definition) is 7. The standard InChI is InChI=1S/C27H22N2O6S/c1-16(2)35-27(34)18-10-14-20(15-11-18)29-24(30)22(28-19-12-8-17(9-13-19)26(32)33)23(25(29)31)36-21-6-4-3-5-7-21/h3-16,28H,1-2H3,(H,32,33). The van der Waals surface area contributed by atoms with E-state index in [4.69, 9.17) is 9.84 Å². The first-order chi connectivity index (χ1) is 17.2. The number of carbonyl (C=O) groups is 4. The minimum Gasteiger partial charge on any atom is -0.478 e. The van der Waals surface area contributed by atoms with Crippen molar-refractivity contribution in [2.75, 3.05) is 10.2 Å². The fraction of sp³-hybridized carbons (Fsp3) is 0.111. The highest BCUT2D eigenvalue weighted by atomic mass is 32.2. The zero-order valence-corrected chi connectivity index (χ0v) is 20.2. The number of ether oxygens (including phenoxy) is 1. The number of anilines is 2. The average Bonchev–Trinajstić information content (AvgIpc) is 3.08. The van der Waals surface area contributed by atoms with Crippen LogP contribution in [-0.4, -0.2) is 35.0 Å². The summed E-state index contributed by atoms with van der Waals surface area (Å²) in [5.41, 5.74) is 1.22. The first kappa shape index (κ1) is 24.7. The lowest BCUT2D eigenvalue weighted by Crippen LogP contribution is -2.32. The Bertz CT molecular complexity index is 1350. The lowest BCUT2D eigenvalue weighted by Gasteiger charge is -2.16. The molecule has 0 unspecified atom stereocenters. The molecule has 3 aromatic rings. The predicted octanol–water partition coefficient (Wildman–Crippen LogP) is 4.94. The van der Waals surface area contributed by atoms with E-state index in [9.17, 15) is 19.2 Å². The number of rotatable bonds is 8. The second kappa shape index (κ2) is 10.5. The highest BCUT2D eigenvalue weighted by Gasteiger charge is 2.40. The van der Waals surface area contributed by atoms with Crippen LogP contribution in [0, 0.1) is 0 Å². The number of carbonyl (C=O) groups excluding carboxylic acids is 3. The molecule has 1 heterocycles. The molecule has 0 atom stereocenters. The molecule has 36 heavy (non-hydrogen) atoms. The molecule has 0 aromatic heterocycles. The van der Waals surface area contributed by atoms with Gasteiger partial charge in [-0.15, -0.1) is 0 Å². The number of carboxylic acid groups (broad SMARTS) is 1. The summed E-state index contributed by atoms with van der Waals surface area (Å²) >= 11 is 1.15. The van der Waals surface area contributed by atoms with Gasteiger partial charge in [-0.1, -0.05) is 30.0 Å². The van der Waals surface area contributed by atoms with Crippen LogP contribution in [0.5, 0.6) is 0 Å².